The Kier molecular flexibility index (Phi) is 7.75. The average molecular weight is 473 g/mol. The standard InChI is InChI=1S/C21H16F3N3O3.C4H10/c1-11-20(28)25-16(12-5-3-2-4-6-12)10-27(11)21(29)18-17(24)19(30-26-18)13-7-8-14(22)15(23)9-13;1-4(2)3/h2-9,11,16H,10H2,1H3,(H,25,28);4H,1-3H3. The summed E-state index contributed by atoms with van der Waals surface area (Å²) in [6.45, 7) is 8.12. The predicted molar refractivity (Wildman–Crippen MR) is 120 cm³/mol. The normalized spacial score (nSPS) is 17.8. The van der Waals surface area contributed by atoms with Gasteiger partial charge in [-0.05, 0) is 36.6 Å². The molecule has 0 saturated carbocycles. The van der Waals surface area contributed by atoms with E-state index in [1.807, 2.05) is 18.2 Å². The minimum Gasteiger partial charge on any atom is -0.352 e. The highest BCUT2D eigenvalue weighted by molar-refractivity contribution is 5.97. The Morgan fingerprint density at radius 2 is 1.74 bits per heavy atom. The average Bonchev–Trinajstić information content (AvgIpc) is 3.18. The van der Waals surface area contributed by atoms with E-state index in [2.05, 4.69) is 31.2 Å². The van der Waals surface area contributed by atoms with Crippen LogP contribution in [0.3, 0.4) is 0 Å². The van der Waals surface area contributed by atoms with Crippen LogP contribution in [0.15, 0.2) is 53.1 Å². The van der Waals surface area contributed by atoms with Gasteiger partial charge in [0.2, 0.25) is 23.2 Å². The molecule has 2 unspecified atom stereocenters. The van der Waals surface area contributed by atoms with Crippen LogP contribution >= 0.6 is 0 Å². The lowest BCUT2D eigenvalue weighted by molar-refractivity contribution is -0.128. The van der Waals surface area contributed by atoms with Crippen molar-refractivity contribution in [1.82, 2.24) is 15.4 Å². The maximum atomic E-state index is 14.9. The van der Waals surface area contributed by atoms with Crippen LogP contribution in [0.4, 0.5) is 13.2 Å². The number of amides is 2. The zero-order chi connectivity index (χ0) is 25.0. The lowest BCUT2D eigenvalue weighted by Crippen LogP contribution is -2.57. The lowest BCUT2D eigenvalue weighted by Gasteiger charge is -2.37. The van der Waals surface area contributed by atoms with Crippen molar-refractivity contribution in [3.8, 4) is 11.3 Å². The number of rotatable bonds is 3. The second kappa shape index (κ2) is 10.5. The third-order valence-electron chi connectivity index (χ3n) is 5.03. The van der Waals surface area contributed by atoms with Gasteiger partial charge in [0.05, 0.1) is 6.04 Å². The van der Waals surface area contributed by atoms with E-state index in [4.69, 9.17) is 4.52 Å². The molecule has 0 aliphatic carbocycles. The third kappa shape index (κ3) is 5.47. The molecule has 2 aromatic carbocycles. The largest absolute Gasteiger partial charge is 0.352 e. The maximum Gasteiger partial charge on any atom is 0.279 e. The minimum atomic E-state index is -1.19. The van der Waals surface area contributed by atoms with Gasteiger partial charge in [-0.1, -0.05) is 56.3 Å². The Hall–Kier alpha value is -3.62. The van der Waals surface area contributed by atoms with Gasteiger partial charge in [0, 0.05) is 12.1 Å². The number of hydrogen-bond donors (Lipinski definition) is 1. The van der Waals surface area contributed by atoms with E-state index in [-0.39, 0.29) is 12.1 Å². The van der Waals surface area contributed by atoms with Crippen molar-refractivity contribution in [2.24, 2.45) is 5.92 Å². The second-order valence-electron chi connectivity index (χ2n) is 8.64. The number of hydrogen-bond acceptors (Lipinski definition) is 4. The second-order valence-corrected chi connectivity index (χ2v) is 8.64. The maximum absolute atomic E-state index is 14.9. The highest BCUT2D eigenvalue weighted by Gasteiger charge is 2.38. The lowest BCUT2D eigenvalue weighted by atomic mass is 10.0. The molecule has 6 nitrogen and oxygen atoms in total. The van der Waals surface area contributed by atoms with Gasteiger partial charge in [0.15, 0.2) is 11.6 Å². The summed E-state index contributed by atoms with van der Waals surface area (Å²) >= 11 is 0. The molecule has 2 amide bonds. The van der Waals surface area contributed by atoms with E-state index in [1.165, 1.54) is 11.8 Å². The highest BCUT2D eigenvalue weighted by Crippen LogP contribution is 2.28. The molecular formula is C25H26F3N3O3. The van der Waals surface area contributed by atoms with E-state index in [9.17, 15) is 22.8 Å². The van der Waals surface area contributed by atoms with Crippen molar-refractivity contribution in [1.29, 1.82) is 0 Å². The van der Waals surface area contributed by atoms with Crippen LogP contribution in [0, 0.1) is 23.4 Å². The Morgan fingerprint density at radius 3 is 2.35 bits per heavy atom. The molecule has 1 fully saturated rings. The van der Waals surface area contributed by atoms with Crippen molar-refractivity contribution in [3.05, 3.63) is 77.2 Å². The first kappa shape index (κ1) is 25.0. The van der Waals surface area contributed by atoms with Crippen molar-refractivity contribution >= 4 is 11.8 Å². The predicted octanol–water partition coefficient (Wildman–Crippen LogP) is 5.12. The SMILES string of the molecule is CC(C)C.CC1C(=O)NC(c2ccccc2)CN1C(=O)c1noc(-c2ccc(F)c(F)c2)c1F. The van der Waals surface area contributed by atoms with Gasteiger partial charge >= 0.3 is 0 Å². The fraction of sp³-hybridized carbons (Fsp3) is 0.320. The van der Waals surface area contributed by atoms with E-state index in [0.29, 0.717) is 0 Å². The number of nitrogens with one attached hydrogen (secondary N) is 1. The van der Waals surface area contributed by atoms with Crippen LogP contribution < -0.4 is 5.32 Å². The molecule has 9 heteroatoms. The molecule has 1 saturated heterocycles. The number of halogens is 3. The summed E-state index contributed by atoms with van der Waals surface area (Å²) in [7, 11) is 0. The zero-order valence-corrected chi connectivity index (χ0v) is 19.3. The van der Waals surface area contributed by atoms with Gasteiger partial charge in [0.25, 0.3) is 5.91 Å². The van der Waals surface area contributed by atoms with Gasteiger partial charge in [-0.3, -0.25) is 9.59 Å². The fourth-order valence-electron chi connectivity index (χ4n) is 3.33. The van der Waals surface area contributed by atoms with Crippen LogP contribution in [0.5, 0.6) is 0 Å². The summed E-state index contributed by atoms with van der Waals surface area (Å²) in [5, 5.41) is 6.32. The highest BCUT2D eigenvalue weighted by atomic mass is 19.2. The first-order chi connectivity index (χ1) is 16.1. The van der Waals surface area contributed by atoms with Crippen molar-refractivity contribution < 1.29 is 27.3 Å². The van der Waals surface area contributed by atoms with E-state index >= 15 is 0 Å². The number of carbonyl (C=O) groups is 2. The summed E-state index contributed by atoms with van der Waals surface area (Å²) < 4.78 is 46.4. The van der Waals surface area contributed by atoms with Gasteiger partial charge < -0.3 is 14.7 Å². The Labute approximate surface area is 195 Å². The quantitative estimate of drug-likeness (QED) is 0.573. The van der Waals surface area contributed by atoms with Crippen molar-refractivity contribution in [2.45, 2.75) is 39.8 Å². The number of nitrogens with zero attached hydrogens (tertiary/aromatic N) is 2. The molecule has 0 radical (unpaired) electrons. The van der Waals surface area contributed by atoms with Gasteiger partial charge in [-0.15, -0.1) is 0 Å². The van der Waals surface area contributed by atoms with Crippen molar-refractivity contribution in [3.63, 3.8) is 0 Å². The third-order valence-corrected chi connectivity index (χ3v) is 5.03. The first-order valence-electron chi connectivity index (χ1n) is 10.9. The van der Waals surface area contributed by atoms with Gasteiger partial charge in [-0.2, -0.15) is 4.39 Å². The van der Waals surface area contributed by atoms with Crippen molar-refractivity contribution in [2.75, 3.05) is 6.54 Å². The van der Waals surface area contributed by atoms with Crippen LogP contribution in [-0.4, -0.2) is 34.5 Å². The van der Waals surface area contributed by atoms with E-state index < -0.39 is 52.8 Å². The minimum absolute atomic E-state index is 0.0998. The molecule has 2 atom stereocenters. The number of aromatic nitrogens is 1. The Bertz CT molecular complexity index is 1160. The molecule has 180 valence electrons. The molecule has 1 aliphatic rings. The molecule has 0 bridgehead atoms. The molecule has 3 aromatic rings. The molecule has 1 aromatic heterocycles. The smallest absolute Gasteiger partial charge is 0.279 e. The zero-order valence-electron chi connectivity index (χ0n) is 19.3. The molecule has 4 rings (SSSR count). The summed E-state index contributed by atoms with van der Waals surface area (Å²) in [5.41, 5.74) is 0.0475. The number of carbonyl (C=O) groups excluding carboxylic acids is 2. The summed E-state index contributed by atoms with van der Waals surface area (Å²) in [4.78, 5) is 26.6. The molecule has 1 aliphatic heterocycles. The molecule has 0 spiro atoms. The monoisotopic (exact) mass is 473 g/mol. The molecule has 2 heterocycles. The summed E-state index contributed by atoms with van der Waals surface area (Å²) in [6.07, 6.45) is 0. The number of piperazine rings is 1. The summed E-state index contributed by atoms with van der Waals surface area (Å²) in [6, 6.07) is 10.4. The topological polar surface area (TPSA) is 75.4 Å². The molecule has 1 N–H and O–H groups in total. The van der Waals surface area contributed by atoms with Crippen LogP contribution in [0.2, 0.25) is 0 Å². The van der Waals surface area contributed by atoms with Crippen LogP contribution in [-0.2, 0) is 4.79 Å². The molecule has 34 heavy (non-hydrogen) atoms. The van der Waals surface area contributed by atoms with Crippen LogP contribution in [0.25, 0.3) is 11.3 Å². The van der Waals surface area contributed by atoms with E-state index in [1.54, 1.807) is 12.1 Å². The van der Waals surface area contributed by atoms with Crippen LogP contribution in [0.1, 0.15) is 49.8 Å². The van der Waals surface area contributed by atoms with E-state index in [0.717, 1.165) is 29.7 Å². The number of benzene rings is 2. The Balaban J connectivity index is 0.000000751. The fourth-order valence-corrected chi connectivity index (χ4v) is 3.33. The van der Waals surface area contributed by atoms with Gasteiger partial charge in [-0.25, -0.2) is 8.78 Å². The van der Waals surface area contributed by atoms with Gasteiger partial charge in [0.1, 0.15) is 6.04 Å². The Morgan fingerprint density at radius 1 is 1.09 bits per heavy atom. The first-order valence-corrected chi connectivity index (χ1v) is 10.9. The summed E-state index contributed by atoms with van der Waals surface area (Å²) in [5.74, 6) is -4.30. The molecular weight excluding hydrogens is 447 g/mol.